The molecular weight excluding hydrogens is 237 g/mol. The van der Waals surface area contributed by atoms with Crippen LogP contribution in [0.2, 0.25) is 0 Å². The van der Waals surface area contributed by atoms with Crippen molar-refractivity contribution >= 4 is 5.57 Å². The molecule has 0 spiro atoms. The summed E-state index contributed by atoms with van der Waals surface area (Å²) in [5.74, 6) is 0. The molecule has 0 aliphatic heterocycles. The number of hydrogen-bond donors (Lipinski definition) is 0. The van der Waals surface area contributed by atoms with Crippen LogP contribution in [0.4, 0.5) is 13.2 Å². The average molecular weight is 250 g/mol. The van der Waals surface area contributed by atoms with Gasteiger partial charge in [0.25, 0.3) is 0 Å². The van der Waals surface area contributed by atoms with Crippen LogP contribution in [0.15, 0.2) is 54.6 Å². The molecule has 1 aliphatic rings. The van der Waals surface area contributed by atoms with E-state index in [0.717, 1.165) is 41.7 Å². The molecule has 0 bridgehead atoms. The average Bonchev–Trinajstić information content (AvgIpc) is 2.38. The second kappa shape index (κ2) is 4.84. The second-order valence-electron chi connectivity index (χ2n) is 4.19. The maximum Gasteiger partial charge on any atom is 0.416 e. The molecule has 0 N–H and O–H groups in total. The van der Waals surface area contributed by atoms with Gasteiger partial charge in [-0.2, -0.15) is 13.2 Å². The van der Waals surface area contributed by atoms with E-state index in [9.17, 15) is 13.2 Å². The monoisotopic (exact) mass is 250 g/mol. The van der Waals surface area contributed by atoms with E-state index in [-0.39, 0.29) is 0 Å². The largest absolute Gasteiger partial charge is 0.416 e. The van der Waals surface area contributed by atoms with Crippen LogP contribution in [0.3, 0.4) is 0 Å². The van der Waals surface area contributed by atoms with E-state index < -0.39 is 11.7 Å². The first kappa shape index (κ1) is 12.7. The van der Waals surface area contributed by atoms with Crippen LogP contribution in [0.25, 0.3) is 5.57 Å². The summed E-state index contributed by atoms with van der Waals surface area (Å²) in [4.78, 5) is 0. The third kappa shape index (κ3) is 2.73. The molecule has 2 rings (SSSR count). The molecule has 94 valence electrons. The molecule has 0 amide bonds. The number of halogens is 3. The Morgan fingerprint density at radius 1 is 1.06 bits per heavy atom. The van der Waals surface area contributed by atoms with Gasteiger partial charge < -0.3 is 0 Å². The van der Waals surface area contributed by atoms with Gasteiger partial charge in [-0.3, -0.25) is 0 Å². The van der Waals surface area contributed by atoms with Gasteiger partial charge in [0.2, 0.25) is 0 Å². The summed E-state index contributed by atoms with van der Waals surface area (Å²) in [6, 6.07) is 5.12. The Morgan fingerprint density at radius 2 is 1.72 bits per heavy atom. The molecule has 0 saturated carbocycles. The maximum absolute atomic E-state index is 12.4. The predicted octanol–water partition coefficient (Wildman–Crippen LogP) is 5.00. The summed E-state index contributed by atoms with van der Waals surface area (Å²) in [5, 5.41) is 0. The third-order valence-corrected chi connectivity index (χ3v) is 2.90. The minimum atomic E-state index is -4.29. The van der Waals surface area contributed by atoms with Crippen molar-refractivity contribution in [1.82, 2.24) is 0 Å². The fourth-order valence-electron chi connectivity index (χ4n) is 1.86. The first-order valence-corrected chi connectivity index (χ1v) is 5.72. The Morgan fingerprint density at radius 3 is 2.22 bits per heavy atom. The Balaban J connectivity index is 2.22. The van der Waals surface area contributed by atoms with Crippen molar-refractivity contribution in [3.05, 3.63) is 65.8 Å². The maximum atomic E-state index is 12.4. The van der Waals surface area contributed by atoms with E-state index >= 15 is 0 Å². The molecule has 0 aromatic heterocycles. The van der Waals surface area contributed by atoms with Gasteiger partial charge in [-0.05, 0) is 41.7 Å². The van der Waals surface area contributed by atoms with Crippen molar-refractivity contribution in [2.75, 3.05) is 0 Å². The molecule has 1 aromatic carbocycles. The van der Waals surface area contributed by atoms with Crippen molar-refractivity contribution < 1.29 is 13.2 Å². The Kier molecular flexibility index (Phi) is 3.41. The van der Waals surface area contributed by atoms with Crippen LogP contribution >= 0.6 is 0 Å². The fourth-order valence-corrected chi connectivity index (χ4v) is 1.86. The summed E-state index contributed by atoms with van der Waals surface area (Å²) >= 11 is 0. The van der Waals surface area contributed by atoms with Crippen molar-refractivity contribution in [2.45, 2.75) is 19.0 Å². The van der Waals surface area contributed by atoms with Crippen LogP contribution in [0.5, 0.6) is 0 Å². The number of hydrogen-bond acceptors (Lipinski definition) is 0. The molecule has 0 unspecified atom stereocenters. The summed E-state index contributed by atoms with van der Waals surface area (Å²) < 4.78 is 37.3. The van der Waals surface area contributed by atoms with Gasteiger partial charge in [-0.25, -0.2) is 0 Å². The highest BCUT2D eigenvalue weighted by Gasteiger charge is 2.30. The van der Waals surface area contributed by atoms with E-state index in [4.69, 9.17) is 0 Å². The van der Waals surface area contributed by atoms with Crippen LogP contribution in [-0.4, -0.2) is 0 Å². The Labute approximate surface area is 104 Å². The fraction of sp³-hybridized carbons (Fsp3) is 0.200. The highest BCUT2D eigenvalue weighted by atomic mass is 19.4. The lowest BCUT2D eigenvalue weighted by Gasteiger charge is -2.12. The zero-order valence-corrected chi connectivity index (χ0v) is 9.80. The first-order chi connectivity index (χ1) is 8.48. The van der Waals surface area contributed by atoms with E-state index in [1.165, 1.54) is 12.1 Å². The summed E-state index contributed by atoms with van der Waals surface area (Å²) in [6.07, 6.45) is 3.73. The van der Waals surface area contributed by atoms with Gasteiger partial charge in [0.15, 0.2) is 0 Å². The minimum absolute atomic E-state index is 0.632. The summed E-state index contributed by atoms with van der Waals surface area (Å²) in [5.41, 5.74) is 1.84. The number of alkyl halides is 3. The number of allylic oxidation sites excluding steroid dienone is 5. The lowest BCUT2D eigenvalue weighted by molar-refractivity contribution is -0.137. The predicted molar refractivity (Wildman–Crippen MR) is 66.9 cm³/mol. The van der Waals surface area contributed by atoms with E-state index in [2.05, 4.69) is 12.7 Å². The molecule has 0 heterocycles. The quantitative estimate of drug-likeness (QED) is 0.693. The highest BCUT2D eigenvalue weighted by molar-refractivity contribution is 5.80. The van der Waals surface area contributed by atoms with Crippen LogP contribution in [-0.2, 0) is 6.18 Å². The minimum Gasteiger partial charge on any atom is -0.166 e. The Hall–Kier alpha value is -1.77. The molecule has 18 heavy (non-hydrogen) atoms. The Bertz CT molecular complexity index is 502. The third-order valence-electron chi connectivity index (χ3n) is 2.90. The molecule has 0 saturated heterocycles. The standard InChI is InChI=1S/C15H13F3/c1-11(12-5-3-2-4-6-12)13-7-9-14(10-8-13)15(16,17)18/h3,5-10H,1-2,4H2. The molecule has 0 nitrogen and oxygen atoms in total. The summed E-state index contributed by atoms with van der Waals surface area (Å²) in [7, 11) is 0. The molecule has 3 heteroatoms. The molecule has 0 radical (unpaired) electrons. The number of benzene rings is 1. The van der Waals surface area contributed by atoms with Crippen molar-refractivity contribution in [1.29, 1.82) is 0 Å². The van der Waals surface area contributed by atoms with Gasteiger partial charge in [-0.1, -0.05) is 36.9 Å². The second-order valence-corrected chi connectivity index (χ2v) is 4.19. The van der Waals surface area contributed by atoms with Crippen LogP contribution in [0, 0.1) is 0 Å². The summed E-state index contributed by atoms with van der Waals surface area (Å²) in [6.45, 7) is 3.94. The van der Waals surface area contributed by atoms with E-state index in [1.807, 2.05) is 12.2 Å². The van der Waals surface area contributed by atoms with Crippen LogP contribution in [0.1, 0.15) is 24.0 Å². The first-order valence-electron chi connectivity index (χ1n) is 5.72. The van der Waals surface area contributed by atoms with Gasteiger partial charge in [-0.15, -0.1) is 0 Å². The number of rotatable bonds is 2. The van der Waals surface area contributed by atoms with Crippen molar-refractivity contribution in [3.63, 3.8) is 0 Å². The zero-order valence-electron chi connectivity index (χ0n) is 9.80. The topological polar surface area (TPSA) is 0 Å². The van der Waals surface area contributed by atoms with Crippen molar-refractivity contribution in [2.24, 2.45) is 0 Å². The van der Waals surface area contributed by atoms with Crippen LogP contribution < -0.4 is 0 Å². The van der Waals surface area contributed by atoms with Crippen molar-refractivity contribution in [3.8, 4) is 0 Å². The lowest BCUT2D eigenvalue weighted by Crippen LogP contribution is -2.04. The van der Waals surface area contributed by atoms with E-state index in [1.54, 1.807) is 0 Å². The molecule has 0 fully saturated rings. The molecule has 1 aliphatic carbocycles. The van der Waals surface area contributed by atoms with Gasteiger partial charge in [0.1, 0.15) is 0 Å². The van der Waals surface area contributed by atoms with Gasteiger partial charge in [0, 0.05) is 0 Å². The highest BCUT2D eigenvalue weighted by Crippen LogP contribution is 2.31. The lowest BCUT2D eigenvalue weighted by atomic mass is 9.94. The normalized spacial score (nSPS) is 15.4. The molecule has 0 atom stereocenters. The molecular formula is C15H13F3. The van der Waals surface area contributed by atoms with Gasteiger partial charge >= 0.3 is 6.18 Å². The smallest absolute Gasteiger partial charge is 0.166 e. The SMILES string of the molecule is C=C(C1=CCCC=C1)c1ccc(C(F)(F)F)cc1. The molecule has 1 aromatic rings. The zero-order chi connectivity index (χ0) is 13.2. The van der Waals surface area contributed by atoms with E-state index in [0.29, 0.717) is 0 Å². The van der Waals surface area contributed by atoms with Gasteiger partial charge in [0.05, 0.1) is 5.56 Å².